The van der Waals surface area contributed by atoms with Crippen LogP contribution in [0.5, 0.6) is 5.75 Å². The zero-order chi connectivity index (χ0) is 13.2. The Morgan fingerprint density at radius 1 is 1.06 bits per heavy atom. The van der Waals surface area contributed by atoms with Crippen molar-refractivity contribution in [3.05, 3.63) is 41.3 Å². The van der Waals surface area contributed by atoms with E-state index < -0.39 is 6.36 Å². The normalized spacial score (nSPS) is 11.6. The van der Waals surface area contributed by atoms with E-state index in [1.165, 1.54) is 17.0 Å². The van der Waals surface area contributed by atoms with Gasteiger partial charge in [0.25, 0.3) is 0 Å². The topological polar surface area (TPSA) is 9.23 Å². The number of benzene rings is 1. The lowest BCUT2D eigenvalue weighted by atomic mass is 10.2. The van der Waals surface area contributed by atoms with E-state index in [0.717, 1.165) is 16.9 Å². The molecule has 5 heteroatoms. The van der Waals surface area contributed by atoms with Crippen LogP contribution in [0, 0.1) is 0 Å². The second-order valence-electron chi connectivity index (χ2n) is 3.69. The van der Waals surface area contributed by atoms with Gasteiger partial charge in [0.2, 0.25) is 0 Å². The Kier molecular flexibility index (Phi) is 3.61. The van der Waals surface area contributed by atoms with Crippen molar-refractivity contribution < 1.29 is 17.9 Å². The van der Waals surface area contributed by atoms with E-state index in [9.17, 15) is 13.2 Å². The molecule has 0 fully saturated rings. The maximum absolute atomic E-state index is 12.0. The van der Waals surface area contributed by atoms with Gasteiger partial charge in [-0.15, -0.1) is 24.5 Å². The van der Waals surface area contributed by atoms with Crippen LogP contribution in [0.25, 0.3) is 10.4 Å². The standard InChI is InChI=1S/C13H11F3OS/c1-2-11-7-8-12(18-11)9-3-5-10(6-4-9)17-13(14,15)16/h3-8H,2H2,1H3. The molecule has 0 spiro atoms. The van der Waals surface area contributed by atoms with Gasteiger partial charge in [-0.3, -0.25) is 0 Å². The fourth-order valence-electron chi connectivity index (χ4n) is 1.54. The van der Waals surface area contributed by atoms with Gasteiger partial charge in [0.1, 0.15) is 5.75 Å². The molecule has 0 aliphatic heterocycles. The van der Waals surface area contributed by atoms with Crippen molar-refractivity contribution >= 4 is 11.3 Å². The molecule has 2 rings (SSSR count). The van der Waals surface area contributed by atoms with Gasteiger partial charge < -0.3 is 4.74 Å². The van der Waals surface area contributed by atoms with E-state index >= 15 is 0 Å². The first-order valence-electron chi connectivity index (χ1n) is 5.43. The van der Waals surface area contributed by atoms with Crippen LogP contribution in [0.4, 0.5) is 13.2 Å². The third-order valence-electron chi connectivity index (χ3n) is 2.38. The molecule has 1 aromatic carbocycles. The van der Waals surface area contributed by atoms with E-state index in [4.69, 9.17) is 0 Å². The first-order valence-corrected chi connectivity index (χ1v) is 6.24. The average molecular weight is 272 g/mol. The summed E-state index contributed by atoms with van der Waals surface area (Å²) in [6.45, 7) is 2.07. The molecule has 0 radical (unpaired) electrons. The van der Waals surface area contributed by atoms with E-state index in [0.29, 0.717) is 0 Å². The minimum absolute atomic E-state index is 0.196. The van der Waals surface area contributed by atoms with Crippen molar-refractivity contribution in [3.63, 3.8) is 0 Å². The molecule has 18 heavy (non-hydrogen) atoms. The zero-order valence-electron chi connectivity index (χ0n) is 9.62. The van der Waals surface area contributed by atoms with Crippen LogP contribution in [0.3, 0.4) is 0 Å². The van der Waals surface area contributed by atoms with Crippen LogP contribution < -0.4 is 4.74 Å². The number of thiophene rings is 1. The molecule has 0 N–H and O–H groups in total. The SMILES string of the molecule is CCc1ccc(-c2ccc(OC(F)(F)F)cc2)s1. The lowest BCUT2D eigenvalue weighted by molar-refractivity contribution is -0.274. The number of halogens is 3. The van der Waals surface area contributed by atoms with Crippen molar-refractivity contribution in [1.29, 1.82) is 0 Å². The van der Waals surface area contributed by atoms with Crippen LogP contribution >= 0.6 is 11.3 Å². The van der Waals surface area contributed by atoms with E-state index in [1.807, 2.05) is 12.1 Å². The highest BCUT2D eigenvalue weighted by Crippen LogP contribution is 2.30. The van der Waals surface area contributed by atoms with E-state index in [2.05, 4.69) is 11.7 Å². The summed E-state index contributed by atoms with van der Waals surface area (Å²) in [5.74, 6) is -0.196. The largest absolute Gasteiger partial charge is 0.573 e. The van der Waals surface area contributed by atoms with E-state index in [1.54, 1.807) is 23.5 Å². The number of ether oxygens (including phenoxy) is 1. The second kappa shape index (κ2) is 5.02. The molecule has 1 heterocycles. The Morgan fingerprint density at radius 2 is 1.72 bits per heavy atom. The van der Waals surface area contributed by atoms with Gasteiger partial charge in [-0.05, 0) is 48.4 Å². The minimum Gasteiger partial charge on any atom is -0.406 e. The molecule has 0 aliphatic carbocycles. The first kappa shape index (κ1) is 13.0. The van der Waals surface area contributed by atoms with E-state index in [-0.39, 0.29) is 5.75 Å². The van der Waals surface area contributed by atoms with Gasteiger partial charge in [0.05, 0.1) is 0 Å². The highest BCUT2D eigenvalue weighted by Gasteiger charge is 2.30. The monoisotopic (exact) mass is 272 g/mol. The quantitative estimate of drug-likeness (QED) is 0.774. The number of rotatable bonds is 3. The van der Waals surface area contributed by atoms with Crippen molar-refractivity contribution in [3.8, 4) is 16.2 Å². The Hall–Kier alpha value is -1.49. The molecule has 0 saturated carbocycles. The molecule has 0 bridgehead atoms. The zero-order valence-corrected chi connectivity index (χ0v) is 10.4. The summed E-state index contributed by atoms with van der Waals surface area (Å²) in [6.07, 6.45) is -3.68. The predicted molar refractivity (Wildman–Crippen MR) is 65.8 cm³/mol. The fourth-order valence-corrected chi connectivity index (χ4v) is 2.50. The van der Waals surface area contributed by atoms with Crippen molar-refractivity contribution in [2.24, 2.45) is 0 Å². The summed E-state index contributed by atoms with van der Waals surface area (Å²) in [5, 5.41) is 0. The molecule has 0 atom stereocenters. The Balaban J connectivity index is 2.17. The number of hydrogen-bond acceptors (Lipinski definition) is 2. The Bertz CT molecular complexity index is 514. The molecule has 1 aromatic heterocycles. The Labute approximate surface area is 107 Å². The summed E-state index contributed by atoms with van der Waals surface area (Å²) < 4.78 is 39.8. The Morgan fingerprint density at radius 3 is 2.22 bits per heavy atom. The molecule has 96 valence electrons. The summed E-state index contributed by atoms with van der Waals surface area (Å²) >= 11 is 1.64. The maximum atomic E-state index is 12.0. The molecule has 2 aromatic rings. The van der Waals surface area contributed by atoms with Crippen LogP contribution in [-0.4, -0.2) is 6.36 Å². The number of aryl methyl sites for hydroxylation is 1. The highest BCUT2D eigenvalue weighted by atomic mass is 32.1. The molecular weight excluding hydrogens is 261 g/mol. The van der Waals surface area contributed by atoms with Crippen molar-refractivity contribution in [2.75, 3.05) is 0 Å². The van der Waals surface area contributed by atoms with Gasteiger partial charge in [0.15, 0.2) is 0 Å². The smallest absolute Gasteiger partial charge is 0.406 e. The summed E-state index contributed by atoms with van der Waals surface area (Å²) in [4.78, 5) is 2.30. The minimum atomic E-state index is -4.64. The van der Waals surface area contributed by atoms with Crippen molar-refractivity contribution in [1.82, 2.24) is 0 Å². The fraction of sp³-hybridized carbons (Fsp3) is 0.231. The van der Waals surface area contributed by atoms with Crippen LogP contribution in [-0.2, 0) is 6.42 Å². The van der Waals surface area contributed by atoms with Gasteiger partial charge in [-0.1, -0.05) is 6.92 Å². The summed E-state index contributed by atoms with van der Waals surface area (Å²) in [5.41, 5.74) is 0.897. The third kappa shape index (κ3) is 3.26. The predicted octanol–water partition coefficient (Wildman–Crippen LogP) is 4.88. The summed E-state index contributed by atoms with van der Waals surface area (Å²) in [7, 11) is 0. The van der Waals surface area contributed by atoms with Gasteiger partial charge >= 0.3 is 6.36 Å². The maximum Gasteiger partial charge on any atom is 0.573 e. The lowest BCUT2D eigenvalue weighted by Crippen LogP contribution is -2.16. The van der Waals surface area contributed by atoms with Gasteiger partial charge in [-0.2, -0.15) is 0 Å². The summed E-state index contributed by atoms with van der Waals surface area (Å²) in [6, 6.07) is 9.92. The van der Waals surface area contributed by atoms with Gasteiger partial charge in [-0.25, -0.2) is 0 Å². The highest BCUT2D eigenvalue weighted by molar-refractivity contribution is 7.15. The first-order chi connectivity index (χ1) is 8.48. The average Bonchev–Trinajstić information content (AvgIpc) is 2.76. The number of hydrogen-bond donors (Lipinski definition) is 0. The molecule has 0 saturated heterocycles. The second-order valence-corrected chi connectivity index (χ2v) is 4.86. The van der Waals surface area contributed by atoms with Gasteiger partial charge in [0, 0.05) is 9.75 Å². The molecule has 0 unspecified atom stereocenters. The molecule has 0 amide bonds. The molecule has 0 aliphatic rings. The number of alkyl halides is 3. The van der Waals surface area contributed by atoms with Crippen LogP contribution in [0.2, 0.25) is 0 Å². The molecular formula is C13H11F3OS. The molecule has 1 nitrogen and oxygen atoms in total. The van der Waals surface area contributed by atoms with Crippen molar-refractivity contribution in [2.45, 2.75) is 19.7 Å². The lowest BCUT2D eigenvalue weighted by Gasteiger charge is -2.08. The van der Waals surface area contributed by atoms with Crippen LogP contribution in [0.1, 0.15) is 11.8 Å². The third-order valence-corrected chi connectivity index (χ3v) is 3.66. The van der Waals surface area contributed by atoms with Crippen LogP contribution in [0.15, 0.2) is 36.4 Å².